The van der Waals surface area contributed by atoms with Crippen molar-refractivity contribution < 1.29 is 9.13 Å². The van der Waals surface area contributed by atoms with E-state index in [1.165, 1.54) is 6.07 Å². The molecule has 0 fully saturated rings. The molecule has 1 atom stereocenters. The molecule has 5 heteroatoms. The molecule has 3 nitrogen and oxygen atoms in total. The number of rotatable bonds is 7. The normalized spacial score (nSPS) is 12.2. The summed E-state index contributed by atoms with van der Waals surface area (Å²) >= 11 is 4.97. The van der Waals surface area contributed by atoms with Crippen molar-refractivity contribution in [2.75, 3.05) is 25.2 Å². The minimum atomic E-state index is -0.379. The molecule has 0 bridgehead atoms. The minimum Gasteiger partial charge on any atom is -0.389 e. The molecule has 0 spiro atoms. The van der Waals surface area contributed by atoms with Crippen LogP contribution in [0.5, 0.6) is 0 Å². The summed E-state index contributed by atoms with van der Waals surface area (Å²) in [7, 11) is 1.65. The fraction of sp³-hybridized carbons (Fsp3) is 0.500. The van der Waals surface area contributed by atoms with Crippen LogP contribution in [-0.2, 0) is 4.74 Å². The number of nitrogens with zero attached hydrogens (tertiary/aromatic N) is 1. The average Bonchev–Trinajstić information content (AvgIpc) is 2.38. The van der Waals surface area contributed by atoms with Crippen LogP contribution < -0.4 is 10.6 Å². The summed E-state index contributed by atoms with van der Waals surface area (Å²) < 4.78 is 19.0. The number of methoxy groups -OCH3 is 1. The third-order valence-electron chi connectivity index (χ3n) is 3.21. The van der Waals surface area contributed by atoms with Crippen molar-refractivity contribution in [1.82, 2.24) is 0 Å². The van der Waals surface area contributed by atoms with Gasteiger partial charge in [0, 0.05) is 19.7 Å². The van der Waals surface area contributed by atoms with E-state index in [0.29, 0.717) is 18.7 Å². The highest BCUT2D eigenvalue weighted by atomic mass is 32.1. The summed E-state index contributed by atoms with van der Waals surface area (Å²) in [6, 6.07) is 5.15. The van der Waals surface area contributed by atoms with Crippen LogP contribution in [0.1, 0.15) is 25.8 Å². The quantitative estimate of drug-likeness (QED) is 0.781. The molecule has 0 saturated carbocycles. The lowest BCUT2D eigenvalue weighted by atomic mass is 10.1. The first-order valence-corrected chi connectivity index (χ1v) is 6.77. The summed E-state index contributed by atoms with van der Waals surface area (Å²) in [5, 5.41) is 0. The van der Waals surface area contributed by atoms with Crippen molar-refractivity contribution in [3.63, 3.8) is 0 Å². The topological polar surface area (TPSA) is 38.5 Å². The Kier molecular flexibility index (Phi) is 6.18. The fourth-order valence-corrected chi connectivity index (χ4v) is 2.19. The summed E-state index contributed by atoms with van der Waals surface area (Å²) in [4.78, 5) is 2.17. The third-order valence-corrected chi connectivity index (χ3v) is 3.41. The van der Waals surface area contributed by atoms with Gasteiger partial charge in [-0.1, -0.05) is 25.2 Å². The van der Waals surface area contributed by atoms with E-state index in [1.54, 1.807) is 13.2 Å². The Morgan fingerprint density at radius 3 is 2.74 bits per heavy atom. The van der Waals surface area contributed by atoms with Gasteiger partial charge in [-0.2, -0.15) is 0 Å². The van der Waals surface area contributed by atoms with Gasteiger partial charge >= 0.3 is 0 Å². The summed E-state index contributed by atoms with van der Waals surface area (Å²) in [6.07, 6.45) is 0.941. The molecule has 1 aromatic carbocycles. The van der Waals surface area contributed by atoms with Gasteiger partial charge in [-0.05, 0) is 25.5 Å². The largest absolute Gasteiger partial charge is 0.389 e. The van der Waals surface area contributed by atoms with E-state index in [4.69, 9.17) is 22.7 Å². The first kappa shape index (κ1) is 15.9. The molecule has 0 saturated heterocycles. The molecule has 0 amide bonds. The van der Waals surface area contributed by atoms with Crippen molar-refractivity contribution in [2.24, 2.45) is 5.73 Å². The van der Waals surface area contributed by atoms with Crippen molar-refractivity contribution in [1.29, 1.82) is 0 Å². The molecule has 0 radical (unpaired) electrons. The molecule has 0 aromatic heterocycles. The predicted molar refractivity (Wildman–Crippen MR) is 81.3 cm³/mol. The van der Waals surface area contributed by atoms with Crippen LogP contribution in [0.15, 0.2) is 18.2 Å². The highest BCUT2D eigenvalue weighted by Crippen LogP contribution is 2.25. The van der Waals surface area contributed by atoms with Crippen LogP contribution in [-0.4, -0.2) is 31.3 Å². The summed E-state index contributed by atoms with van der Waals surface area (Å²) in [5.41, 5.74) is 6.71. The van der Waals surface area contributed by atoms with Crippen molar-refractivity contribution >= 4 is 22.9 Å². The summed E-state index contributed by atoms with van der Waals surface area (Å²) in [5.74, 6) is -0.379. The van der Waals surface area contributed by atoms with Gasteiger partial charge in [0.05, 0.1) is 17.9 Å². The van der Waals surface area contributed by atoms with Crippen LogP contribution in [0.2, 0.25) is 0 Å². The van der Waals surface area contributed by atoms with Crippen molar-refractivity contribution in [2.45, 2.75) is 26.3 Å². The molecule has 0 aliphatic carbocycles. The lowest BCUT2D eigenvalue weighted by molar-refractivity contribution is 0.203. The second-order valence-electron chi connectivity index (χ2n) is 4.44. The number of benzene rings is 1. The summed E-state index contributed by atoms with van der Waals surface area (Å²) in [6.45, 7) is 5.41. The second-order valence-corrected chi connectivity index (χ2v) is 4.88. The van der Waals surface area contributed by atoms with Crippen LogP contribution in [0.4, 0.5) is 10.1 Å². The lowest BCUT2D eigenvalue weighted by Crippen LogP contribution is -2.37. The molecule has 1 rings (SSSR count). The molecule has 2 N–H and O–H groups in total. The van der Waals surface area contributed by atoms with E-state index < -0.39 is 0 Å². The van der Waals surface area contributed by atoms with Crippen LogP contribution in [0.25, 0.3) is 0 Å². The van der Waals surface area contributed by atoms with Gasteiger partial charge in [-0.25, -0.2) is 4.39 Å². The maximum atomic E-state index is 13.9. The standard InChI is InChI=1S/C14H21FN2OS/c1-4-10(2)17(8-9-18-3)12-7-5-6-11(15)13(12)14(16)19/h5-7,10H,4,8-9H2,1-3H3,(H2,16,19). The Labute approximate surface area is 119 Å². The molecule has 0 aliphatic rings. The number of thiocarbonyl (C=S) groups is 1. The van der Waals surface area contributed by atoms with E-state index in [0.717, 1.165) is 12.1 Å². The molecule has 19 heavy (non-hydrogen) atoms. The molecular formula is C14H21FN2OS. The van der Waals surface area contributed by atoms with Gasteiger partial charge < -0.3 is 15.4 Å². The predicted octanol–water partition coefficient (Wildman–Crippen LogP) is 2.71. The molecule has 1 aromatic rings. The van der Waals surface area contributed by atoms with Crippen LogP contribution in [0.3, 0.4) is 0 Å². The van der Waals surface area contributed by atoms with Gasteiger partial charge in [0.1, 0.15) is 10.8 Å². The second kappa shape index (κ2) is 7.40. The number of nitrogens with two attached hydrogens (primary N) is 1. The molecule has 0 aliphatic heterocycles. The zero-order valence-corrected chi connectivity index (χ0v) is 12.5. The SMILES string of the molecule is CCC(C)N(CCOC)c1cccc(F)c1C(N)=S. The van der Waals surface area contributed by atoms with E-state index in [-0.39, 0.29) is 16.8 Å². The lowest BCUT2D eigenvalue weighted by Gasteiger charge is -2.32. The maximum Gasteiger partial charge on any atom is 0.135 e. The number of halogens is 1. The Hall–Kier alpha value is -1.20. The van der Waals surface area contributed by atoms with Gasteiger partial charge in [0.25, 0.3) is 0 Å². The number of anilines is 1. The zero-order chi connectivity index (χ0) is 14.4. The van der Waals surface area contributed by atoms with Crippen molar-refractivity contribution in [3.05, 3.63) is 29.6 Å². The highest BCUT2D eigenvalue weighted by molar-refractivity contribution is 7.80. The Bertz CT molecular complexity index is 439. The van der Waals surface area contributed by atoms with Crippen LogP contribution in [0, 0.1) is 5.82 Å². The van der Waals surface area contributed by atoms with E-state index >= 15 is 0 Å². The number of hydrogen-bond donors (Lipinski definition) is 1. The Morgan fingerprint density at radius 1 is 1.53 bits per heavy atom. The Balaban J connectivity index is 3.21. The van der Waals surface area contributed by atoms with E-state index in [1.807, 2.05) is 6.07 Å². The van der Waals surface area contributed by atoms with Gasteiger partial charge in [0.2, 0.25) is 0 Å². The first-order chi connectivity index (χ1) is 9.02. The average molecular weight is 284 g/mol. The van der Waals surface area contributed by atoms with Gasteiger partial charge in [-0.3, -0.25) is 0 Å². The molecular weight excluding hydrogens is 263 g/mol. The fourth-order valence-electron chi connectivity index (χ4n) is 1.98. The first-order valence-electron chi connectivity index (χ1n) is 6.36. The third kappa shape index (κ3) is 3.88. The van der Waals surface area contributed by atoms with E-state index in [2.05, 4.69) is 18.7 Å². The molecule has 106 valence electrons. The van der Waals surface area contributed by atoms with Gasteiger partial charge in [0.15, 0.2) is 0 Å². The Morgan fingerprint density at radius 2 is 2.21 bits per heavy atom. The highest BCUT2D eigenvalue weighted by Gasteiger charge is 2.19. The molecule has 0 heterocycles. The number of hydrogen-bond acceptors (Lipinski definition) is 3. The van der Waals surface area contributed by atoms with Crippen molar-refractivity contribution in [3.8, 4) is 0 Å². The monoisotopic (exact) mass is 284 g/mol. The maximum absolute atomic E-state index is 13.9. The molecule has 1 unspecified atom stereocenters. The zero-order valence-electron chi connectivity index (χ0n) is 11.6. The minimum absolute atomic E-state index is 0.0822. The smallest absolute Gasteiger partial charge is 0.135 e. The van der Waals surface area contributed by atoms with Gasteiger partial charge in [-0.15, -0.1) is 0 Å². The van der Waals surface area contributed by atoms with E-state index in [9.17, 15) is 4.39 Å². The number of ether oxygens (including phenoxy) is 1. The van der Waals surface area contributed by atoms with Crippen LogP contribution >= 0.6 is 12.2 Å².